The highest BCUT2D eigenvalue weighted by molar-refractivity contribution is 7.91. The summed E-state index contributed by atoms with van der Waals surface area (Å²) in [6, 6.07) is 8.64. The third-order valence-corrected chi connectivity index (χ3v) is 11.9. The summed E-state index contributed by atoms with van der Waals surface area (Å²) < 4.78 is 45.2. The van der Waals surface area contributed by atoms with Gasteiger partial charge >= 0.3 is 6.09 Å². The Balaban J connectivity index is 1.34. The van der Waals surface area contributed by atoms with Crippen molar-refractivity contribution in [3.63, 3.8) is 0 Å². The lowest BCUT2D eigenvalue weighted by atomic mass is 9.85. The molecule has 3 fully saturated rings. The second-order valence-electron chi connectivity index (χ2n) is 16.8. The summed E-state index contributed by atoms with van der Waals surface area (Å²) >= 11 is 0. The molecule has 2 aliphatic carbocycles. The van der Waals surface area contributed by atoms with Crippen LogP contribution in [0.3, 0.4) is 0 Å². The van der Waals surface area contributed by atoms with Crippen LogP contribution in [0.2, 0.25) is 0 Å². The van der Waals surface area contributed by atoms with Crippen molar-refractivity contribution >= 4 is 44.6 Å². The minimum absolute atomic E-state index is 0.0197. The van der Waals surface area contributed by atoms with E-state index in [-0.39, 0.29) is 25.3 Å². The molecule has 3 aliphatic rings. The predicted octanol–water partition coefficient (Wildman–Crippen LogP) is 4.26. The summed E-state index contributed by atoms with van der Waals surface area (Å²) in [6.07, 6.45) is 4.23. The zero-order valence-corrected chi connectivity index (χ0v) is 33.6. The molecule has 300 valence electrons. The molecule has 1 aliphatic heterocycles. The maximum Gasteiger partial charge on any atom is 0.408 e. The van der Waals surface area contributed by atoms with Gasteiger partial charge in [0.1, 0.15) is 35.1 Å². The van der Waals surface area contributed by atoms with Gasteiger partial charge in [-0.15, -0.1) is 6.58 Å². The Morgan fingerprint density at radius 3 is 2.39 bits per heavy atom. The van der Waals surface area contributed by atoms with Crippen LogP contribution in [0.5, 0.6) is 11.6 Å². The van der Waals surface area contributed by atoms with E-state index in [0.29, 0.717) is 29.7 Å². The maximum atomic E-state index is 14.6. The van der Waals surface area contributed by atoms with E-state index >= 15 is 0 Å². The number of amides is 4. The number of methoxy groups -OCH3 is 1. The number of ether oxygens (including phenoxy) is 3. The van der Waals surface area contributed by atoms with Gasteiger partial charge in [-0.2, -0.15) is 0 Å². The lowest BCUT2D eigenvalue weighted by molar-refractivity contribution is -0.143. The molecule has 0 bridgehead atoms. The van der Waals surface area contributed by atoms with Crippen LogP contribution in [-0.2, 0) is 29.1 Å². The van der Waals surface area contributed by atoms with Crippen LogP contribution >= 0.6 is 0 Å². The zero-order chi connectivity index (χ0) is 40.8. The normalized spacial score (nSPS) is 22.8. The molecule has 15 nitrogen and oxygen atoms in total. The highest BCUT2D eigenvalue weighted by atomic mass is 32.2. The van der Waals surface area contributed by atoms with Gasteiger partial charge in [-0.1, -0.05) is 26.8 Å². The summed E-state index contributed by atoms with van der Waals surface area (Å²) in [5, 5.41) is 6.28. The van der Waals surface area contributed by atoms with E-state index in [0.717, 1.165) is 10.9 Å². The van der Waals surface area contributed by atoms with E-state index in [9.17, 15) is 27.6 Å². The fraction of sp³-hybridized carbons (Fsp3) is 0.500. The number of carbonyl (C=O) groups excluding carboxylic acids is 4. The van der Waals surface area contributed by atoms with Crippen LogP contribution in [0.25, 0.3) is 22.0 Å². The maximum absolute atomic E-state index is 14.6. The smallest absolute Gasteiger partial charge is 0.408 e. The molecule has 3 heterocycles. The van der Waals surface area contributed by atoms with Crippen LogP contribution in [-0.4, -0.2) is 95.3 Å². The number of likely N-dealkylation sites (tertiary alicyclic amines) is 1. The number of benzene rings is 1. The Hall–Kier alpha value is -5.25. The molecule has 6 rings (SSSR count). The van der Waals surface area contributed by atoms with E-state index in [1.165, 1.54) is 11.0 Å². The Morgan fingerprint density at radius 1 is 1.07 bits per heavy atom. The number of nitrogens with one attached hydrogen (secondary N) is 3. The van der Waals surface area contributed by atoms with Crippen molar-refractivity contribution < 1.29 is 41.8 Å². The molecule has 5 atom stereocenters. The van der Waals surface area contributed by atoms with Crippen LogP contribution in [0, 0.1) is 11.3 Å². The van der Waals surface area contributed by atoms with E-state index in [4.69, 9.17) is 19.2 Å². The van der Waals surface area contributed by atoms with Crippen LogP contribution in [0.1, 0.15) is 67.2 Å². The highest BCUT2D eigenvalue weighted by Crippen LogP contribution is 2.46. The fourth-order valence-electron chi connectivity index (χ4n) is 6.88. The van der Waals surface area contributed by atoms with Crippen molar-refractivity contribution in [2.75, 3.05) is 13.7 Å². The van der Waals surface area contributed by atoms with E-state index in [2.05, 4.69) is 26.9 Å². The number of aromatic nitrogens is 2. The average molecular weight is 791 g/mol. The summed E-state index contributed by atoms with van der Waals surface area (Å²) in [5.41, 5.74) is -1.96. The summed E-state index contributed by atoms with van der Waals surface area (Å²) in [4.78, 5) is 66.1. The number of carbonyl (C=O) groups is 4. The fourth-order valence-corrected chi connectivity index (χ4v) is 8.24. The number of alkyl carbamates (subject to hydrolysis) is 1. The van der Waals surface area contributed by atoms with Crippen molar-refractivity contribution in [2.45, 2.75) is 102 Å². The van der Waals surface area contributed by atoms with Crippen molar-refractivity contribution in [2.24, 2.45) is 11.3 Å². The molecule has 16 heteroatoms. The molecule has 3 aromatic rings. The van der Waals surface area contributed by atoms with Crippen molar-refractivity contribution in [1.29, 1.82) is 0 Å². The SMILES string of the molecule is C=CC1C[C@]1(NC(=O)[C@@H]1C[C@@H](Oc2nc(-c3cccnc3)cc3cc(OC)ccc23)CN1C(=O)[C@@H](NC(=O)OC(C)(C)C)C(C)(C)C)C(=O)NS(=O)(=O)C1CC1. The number of sulfonamides is 1. The minimum atomic E-state index is -3.92. The monoisotopic (exact) mass is 790 g/mol. The Morgan fingerprint density at radius 2 is 1.80 bits per heavy atom. The standard InChI is InChI=1S/C40H50N6O9S/c1-9-25-20-40(25,36(49)45-56(51,52)28-13-14-28)44-33(47)31-19-27(22-46(31)35(48)32(38(2,3)4)43-37(50)55-39(5,6)7)54-34-29-15-12-26(53-8)17-24(29)18-30(42-34)23-11-10-16-41-21-23/h9-12,15-18,21,25,27-28,31-32H,1,13-14,19-20,22H2,2-8H3,(H,43,50)(H,44,47)(H,45,49)/t25?,27-,31+,32-,40-/m1/s1. The lowest BCUT2D eigenvalue weighted by Crippen LogP contribution is -2.60. The molecule has 1 unspecified atom stereocenters. The number of hydrogen-bond acceptors (Lipinski definition) is 11. The molecule has 56 heavy (non-hydrogen) atoms. The lowest BCUT2D eigenvalue weighted by Gasteiger charge is -2.36. The second-order valence-corrected chi connectivity index (χ2v) is 18.7. The van der Waals surface area contributed by atoms with Gasteiger partial charge in [0.15, 0.2) is 0 Å². The summed E-state index contributed by atoms with van der Waals surface area (Å²) in [5.74, 6) is -1.80. The third-order valence-electron chi connectivity index (χ3n) is 10.1. The molecule has 4 amide bonds. The quantitative estimate of drug-likeness (QED) is 0.222. The van der Waals surface area contributed by atoms with E-state index < -0.39 is 79.7 Å². The van der Waals surface area contributed by atoms with Gasteiger partial charge in [-0.3, -0.25) is 24.1 Å². The van der Waals surface area contributed by atoms with Crippen LogP contribution in [0.4, 0.5) is 4.79 Å². The molecule has 2 aromatic heterocycles. The number of hydrogen-bond donors (Lipinski definition) is 3. The highest BCUT2D eigenvalue weighted by Gasteiger charge is 2.62. The molecule has 3 N–H and O–H groups in total. The van der Waals surface area contributed by atoms with Gasteiger partial charge in [0, 0.05) is 35.7 Å². The third kappa shape index (κ3) is 8.74. The Bertz CT molecular complexity index is 2150. The van der Waals surface area contributed by atoms with E-state index in [1.807, 2.05) is 24.3 Å². The number of rotatable bonds is 12. The molecular formula is C40H50N6O9S. The number of pyridine rings is 2. The molecule has 0 radical (unpaired) electrons. The number of nitrogens with zero attached hydrogens (tertiary/aromatic N) is 3. The molecule has 0 spiro atoms. The topological polar surface area (TPSA) is 195 Å². The van der Waals surface area contributed by atoms with Gasteiger partial charge in [0.2, 0.25) is 27.7 Å². The Kier molecular flexibility index (Phi) is 10.8. The first-order valence-corrected chi connectivity index (χ1v) is 20.2. The largest absolute Gasteiger partial charge is 0.497 e. The second kappa shape index (κ2) is 15.0. The Labute approximate surface area is 327 Å². The molecule has 1 aromatic carbocycles. The zero-order valence-electron chi connectivity index (χ0n) is 32.7. The average Bonchev–Trinajstić information content (AvgIpc) is 4.06. The summed E-state index contributed by atoms with van der Waals surface area (Å²) in [6.45, 7) is 14.1. The van der Waals surface area contributed by atoms with Crippen LogP contribution in [0.15, 0.2) is 61.4 Å². The summed E-state index contributed by atoms with van der Waals surface area (Å²) in [7, 11) is -2.35. The van der Waals surface area contributed by atoms with Gasteiger partial charge in [0.25, 0.3) is 5.91 Å². The van der Waals surface area contributed by atoms with Crippen molar-refractivity contribution in [1.82, 2.24) is 30.2 Å². The van der Waals surface area contributed by atoms with Gasteiger partial charge < -0.3 is 29.7 Å². The van der Waals surface area contributed by atoms with Gasteiger partial charge in [-0.05, 0) is 87.2 Å². The van der Waals surface area contributed by atoms with Crippen molar-refractivity contribution in [3.05, 3.63) is 61.4 Å². The van der Waals surface area contributed by atoms with Gasteiger partial charge in [-0.25, -0.2) is 18.2 Å². The molecule has 1 saturated heterocycles. The van der Waals surface area contributed by atoms with Crippen LogP contribution < -0.4 is 24.8 Å². The minimum Gasteiger partial charge on any atom is -0.497 e. The van der Waals surface area contributed by atoms with E-state index in [1.54, 1.807) is 73.2 Å². The first-order chi connectivity index (χ1) is 26.2. The van der Waals surface area contributed by atoms with Gasteiger partial charge in [0.05, 0.1) is 24.6 Å². The molecular weight excluding hydrogens is 741 g/mol. The number of fused-ring (bicyclic) bond motifs is 1. The molecule has 2 saturated carbocycles. The van der Waals surface area contributed by atoms with Crippen molar-refractivity contribution in [3.8, 4) is 22.9 Å². The first-order valence-electron chi connectivity index (χ1n) is 18.6. The predicted molar refractivity (Wildman–Crippen MR) is 208 cm³/mol. The first kappa shape index (κ1) is 40.4.